The van der Waals surface area contributed by atoms with Crippen LogP contribution in [0.5, 0.6) is 0 Å². The Morgan fingerprint density at radius 1 is 1.06 bits per heavy atom. The molecule has 0 radical (unpaired) electrons. The summed E-state index contributed by atoms with van der Waals surface area (Å²) >= 11 is 1.61. The van der Waals surface area contributed by atoms with Gasteiger partial charge in [0.15, 0.2) is 0 Å². The lowest BCUT2D eigenvalue weighted by Crippen LogP contribution is -2.29. The number of carbonyl (C=O) groups excluding carboxylic acids is 2. The molecule has 1 aromatic carbocycles. The summed E-state index contributed by atoms with van der Waals surface area (Å²) in [6.07, 6.45) is 8.12. The first-order chi connectivity index (χ1) is 15.1. The lowest BCUT2D eigenvalue weighted by atomic mass is 10.1. The molecule has 0 atom stereocenters. The van der Waals surface area contributed by atoms with Gasteiger partial charge in [0.1, 0.15) is 11.4 Å². The number of rotatable bonds is 4. The molecule has 2 aromatic heterocycles. The molecule has 160 valence electrons. The van der Waals surface area contributed by atoms with Crippen molar-refractivity contribution in [3.8, 4) is 0 Å². The average Bonchev–Trinajstić information content (AvgIpc) is 3.26. The number of hydrogen-bond acceptors (Lipinski definition) is 5. The quantitative estimate of drug-likeness (QED) is 0.635. The number of thiophene rings is 1. The molecule has 1 aliphatic heterocycles. The van der Waals surface area contributed by atoms with Crippen LogP contribution in [0.1, 0.15) is 42.5 Å². The van der Waals surface area contributed by atoms with Gasteiger partial charge in [-0.1, -0.05) is 18.6 Å². The number of carbonyl (C=O) groups is 2. The molecule has 31 heavy (non-hydrogen) atoms. The summed E-state index contributed by atoms with van der Waals surface area (Å²) in [5.74, 6) is -0.255. The van der Waals surface area contributed by atoms with Gasteiger partial charge in [-0.05, 0) is 49.8 Å². The molecule has 0 bridgehead atoms. The fraction of sp³-hybridized carbons (Fsp3) is 0.391. The highest BCUT2D eigenvalue weighted by molar-refractivity contribution is 7.18. The summed E-state index contributed by atoms with van der Waals surface area (Å²) in [5, 5.41) is 3.56. The Balaban J connectivity index is 1.40. The van der Waals surface area contributed by atoms with E-state index in [0.29, 0.717) is 29.7 Å². The third-order valence-corrected chi connectivity index (χ3v) is 7.25. The van der Waals surface area contributed by atoms with Crippen molar-refractivity contribution < 1.29 is 9.59 Å². The SMILES string of the molecule is O=C(Cn1cnc2sc3c(c2c1=O)CCCCC3)Nc1ccccc1N1CCCC1=O. The van der Waals surface area contributed by atoms with Crippen molar-refractivity contribution in [3.05, 3.63) is 51.4 Å². The van der Waals surface area contributed by atoms with E-state index < -0.39 is 0 Å². The molecule has 0 unspecified atom stereocenters. The lowest BCUT2D eigenvalue weighted by molar-refractivity contribution is -0.117. The molecule has 1 aliphatic carbocycles. The Morgan fingerprint density at radius 3 is 2.74 bits per heavy atom. The Labute approximate surface area is 183 Å². The zero-order valence-electron chi connectivity index (χ0n) is 17.2. The summed E-state index contributed by atoms with van der Waals surface area (Å²) in [5.41, 5.74) is 2.25. The molecule has 1 fully saturated rings. The topological polar surface area (TPSA) is 84.3 Å². The second kappa shape index (κ2) is 8.26. The van der Waals surface area contributed by atoms with Crippen LogP contribution in [0.4, 0.5) is 11.4 Å². The van der Waals surface area contributed by atoms with Crippen LogP contribution in [0.15, 0.2) is 35.4 Å². The first kappa shape index (κ1) is 19.9. The van der Waals surface area contributed by atoms with Gasteiger partial charge in [-0.25, -0.2) is 4.98 Å². The summed E-state index contributed by atoms with van der Waals surface area (Å²) in [6, 6.07) is 7.28. The number of aromatic nitrogens is 2. The molecule has 0 saturated carbocycles. The van der Waals surface area contributed by atoms with E-state index in [-0.39, 0.29) is 23.9 Å². The van der Waals surface area contributed by atoms with E-state index in [4.69, 9.17) is 0 Å². The Kier molecular flexibility index (Phi) is 5.31. The van der Waals surface area contributed by atoms with Crippen LogP contribution in [0.2, 0.25) is 0 Å². The van der Waals surface area contributed by atoms with E-state index >= 15 is 0 Å². The largest absolute Gasteiger partial charge is 0.323 e. The van der Waals surface area contributed by atoms with Crippen molar-refractivity contribution in [1.82, 2.24) is 9.55 Å². The van der Waals surface area contributed by atoms with E-state index in [0.717, 1.165) is 42.5 Å². The van der Waals surface area contributed by atoms with E-state index in [1.807, 2.05) is 18.2 Å². The first-order valence-corrected chi connectivity index (χ1v) is 11.6. The van der Waals surface area contributed by atoms with Crippen molar-refractivity contribution in [2.45, 2.75) is 51.5 Å². The van der Waals surface area contributed by atoms with Crippen molar-refractivity contribution in [3.63, 3.8) is 0 Å². The van der Waals surface area contributed by atoms with Crippen molar-refractivity contribution in [1.29, 1.82) is 0 Å². The first-order valence-electron chi connectivity index (χ1n) is 10.8. The van der Waals surface area contributed by atoms with Crippen LogP contribution < -0.4 is 15.8 Å². The van der Waals surface area contributed by atoms with E-state index in [9.17, 15) is 14.4 Å². The predicted molar refractivity (Wildman–Crippen MR) is 122 cm³/mol. The van der Waals surface area contributed by atoms with Crippen LogP contribution in [-0.2, 0) is 29.0 Å². The van der Waals surface area contributed by atoms with Gasteiger partial charge in [-0.2, -0.15) is 0 Å². The number of aryl methyl sites for hydroxylation is 2. The van der Waals surface area contributed by atoms with Crippen molar-refractivity contribution >= 4 is 44.7 Å². The zero-order valence-corrected chi connectivity index (χ0v) is 18.0. The summed E-state index contributed by atoms with van der Waals surface area (Å²) in [4.78, 5) is 46.3. The smallest absolute Gasteiger partial charge is 0.262 e. The molecule has 3 heterocycles. The maximum Gasteiger partial charge on any atom is 0.262 e. The second-order valence-corrected chi connectivity index (χ2v) is 9.22. The van der Waals surface area contributed by atoms with E-state index in [1.165, 1.54) is 22.2 Å². The molecular formula is C23H24N4O3S. The number of anilines is 2. The number of hydrogen-bond donors (Lipinski definition) is 1. The lowest BCUT2D eigenvalue weighted by Gasteiger charge is -2.20. The molecule has 7 nitrogen and oxygen atoms in total. The normalized spacial score (nSPS) is 16.4. The standard InChI is InChI=1S/C23H24N4O3S/c28-19(25-16-8-4-5-9-17(16)27-12-6-11-20(27)29)13-26-14-24-22-21(23(26)30)15-7-2-1-3-10-18(15)31-22/h4-5,8-9,14H,1-3,6-7,10-13H2,(H,25,28). The van der Waals surface area contributed by atoms with Crippen LogP contribution in [0, 0.1) is 0 Å². The monoisotopic (exact) mass is 436 g/mol. The maximum atomic E-state index is 13.2. The average molecular weight is 437 g/mol. The van der Waals surface area contributed by atoms with Crippen LogP contribution in [0.3, 0.4) is 0 Å². The molecular weight excluding hydrogens is 412 g/mol. The van der Waals surface area contributed by atoms with Crippen molar-refractivity contribution in [2.75, 3.05) is 16.8 Å². The minimum absolute atomic E-state index is 0.0609. The van der Waals surface area contributed by atoms with Crippen LogP contribution in [0.25, 0.3) is 10.2 Å². The van der Waals surface area contributed by atoms with Gasteiger partial charge in [0.25, 0.3) is 5.56 Å². The van der Waals surface area contributed by atoms with Gasteiger partial charge in [-0.15, -0.1) is 11.3 Å². The van der Waals surface area contributed by atoms with Gasteiger partial charge in [0, 0.05) is 17.8 Å². The molecule has 0 spiro atoms. The molecule has 8 heteroatoms. The minimum atomic E-state index is -0.316. The zero-order chi connectivity index (χ0) is 21.4. The fourth-order valence-electron chi connectivity index (χ4n) is 4.53. The molecule has 2 amide bonds. The minimum Gasteiger partial charge on any atom is -0.323 e. The van der Waals surface area contributed by atoms with Gasteiger partial charge < -0.3 is 10.2 Å². The highest BCUT2D eigenvalue weighted by Crippen LogP contribution is 2.33. The predicted octanol–water partition coefficient (Wildman–Crippen LogP) is 3.49. The highest BCUT2D eigenvalue weighted by Gasteiger charge is 2.24. The fourth-order valence-corrected chi connectivity index (χ4v) is 5.75. The highest BCUT2D eigenvalue weighted by atomic mass is 32.1. The Bertz CT molecular complexity index is 1230. The number of benzene rings is 1. The van der Waals surface area contributed by atoms with Gasteiger partial charge in [0.05, 0.1) is 23.1 Å². The summed E-state index contributed by atoms with van der Waals surface area (Å²) in [6.45, 7) is 0.531. The van der Waals surface area contributed by atoms with Crippen LogP contribution >= 0.6 is 11.3 Å². The number of para-hydroxylation sites is 2. The molecule has 2 aliphatic rings. The molecule has 1 saturated heterocycles. The Hall–Kier alpha value is -3.00. The summed E-state index contributed by atoms with van der Waals surface area (Å²) in [7, 11) is 0. The molecule has 3 aromatic rings. The van der Waals surface area contributed by atoms with Gasteiger partial charge in [0.2, 0.25) is 11.8 Å². The molecule has 1 N–H and O–H groups in total. The second-order valence-electron chi connectivity index (χ2n) is 8.14. The third-order valence-electron chi connectivity index (χ3n) is 6.05. The maximum absolute atomic E-state index is 13.2. The van der Waals surface area contributed by atoms with Gasteiger partial charge >= 0.3 is 0 Å². The van der Waals surface area contributed by atoms with Crippen molar-refractivity contribution in [2.24, 2.45) is 0 Å². The summed E-state index contributed by atoms with van der Waals surface area (Å²) < 4.78 is 1.39. The third kappa shape index (κ3) is 3.76. The van der Waals surface area contributed by atoms with E-state index in [2.05, 4.69) is 10.3 Å². The Morgan fingerprint density at radius 2 is 1.90 bits per heavy atom. The van der Waals surface area contributed by atoms with Gasteiger partial charge in [-0.3, -0.25) is 19.0 Å². The van der Waals surface area contributed by atoms with Crippen LogP contribution in [-0.4, -0.2) is 27.9 Å². The van der Waals surface area contributed by atoms with E-state index in [1.54, 1.807) is 22.3 Å². The number of fused-ring (bicyclic) bond motifs is 3. The number of amides is 2. The number of nitrogens with one attached hydrogen (secondary N) is 1. The molecule has 5 rings (SSSR count). The number of nitrogens with zero attached hydrogens (tertiary/aromatic N) is 3.